The Morgan fingerprint density at radius 2 is 2.06 bits per heavy atom. The third-order valence-electron chi connectivity index (χ3n) is 5.85. The summed E-state index contributed by atoms with van der Waals surface area (Å²) >= 11 is 1.69. The third kappa shape index (κ3) is 5.53. The van der Waals surface area contributed by atoms with E-state index in [-0.39, 0.29) is 23.4 Å². The quantitative estimate of drug-likeness (QED) is 0.391. The van der Waals surface area contributed by atoms with Gasteiger partial charge in [0.15, 0.2) is 5.76 Å². The maximum absolute atomic E-state index is 13.1. The van der Waals surface area contributed by atoms with Crippen molar-refractivity contribution in [2.75, 3.05) is 26.7 Å². The first kappa shape index (κ1) is 23.7. The van der Waals surface area contributed by atoms with Gasteiger partial charge in [-0.25, -0.2) is 0 Å². The number of rotatable bonds is 8. The lowest BCUT2D eigenvalue weighted by molar-refractivity contribution is -0.125. The molecule has 0 atom stereocenters. The summed E-state index contributed by atoms with van der Waals surface area (Å²) in [5.41, 5.74) is 2.43. The molecule has 0 spiro atoms. The summed E-state index contributed by atoms with van der Waals surface area (Å²) < 4.78 is 5.35. The van der Waals surface area contributed by atoms with Gasteiger partial charge in [-0.1, -0.05) is 11.2 Å². The van der Waals surface area contributed by atoms with Crippen LogP contribution in [0.4, 0.5) is 0 Å². The number of carbonyl (C=O) groups is 2. The molecule has 9 heteroatoms. The van der Waals surface area contributed by atoms with Crippen molar-refractivity contribution >= 4 is 28.9 Å². The average molecular weight is 481 g/mol. The van der Waals surface area contributed by atoms with E-state index in [2.05, 4.69) is 16.5 Å². The van der Waals surface area contributed by atoms with Crippen LogP contribution in [0.1, 0.15) is 51.1 Å². The second kappa shape index (κ2) is 11.1. The largest absolute Gasteiger partial charge is 0.462 e. The van der Waals surface area contributed by atoms with Gasteiger partial charge in [0.1, 0.15) is 7.11 Å². The van der Waals surface area contributed by atoms with Gasteiger partial charge < -0.3 is 19.5 Å². The Labute approximate surface area is 202 Å². The number of likely N-dealkylation sites (tertiary alicyclic amines) is 1. The number of hydrogen-bond acceptors (Lipinski definition) is 7. The van der Waals surface area contributed by atoms with Gasteiger partial charge in [0.25, 0.3) is 11.8 Å². The lowest BCUT2D eigenvalue weighted by Crippen LogP contribution is -2.42. The van der Waals surface area contributed by atoms with Crippen LogP contribution in [0.3, 0.4) is 0 Å². The molecule has 178 valence electrons. The zero-order valence-corrected chi connectivity index (χ0v) is 20.1. The van der Waals surface area contributed by atoms with Crippen molar-refractivity contribution in [1.29, 1.82) is 0 Å². The minimum atomic E-state index is -0.237. The van der Waals surface area contributed by atoms with Crippen molar-refractivity contribution in [3.05, 3.63) is 75.6 Å². The van der Waals surface area contributed by atoms with Gasteiger partial charge in [0.2, 0.25) is 5.71 Å². The van der Waals surface area contributed by atoms with Crippen molar-refractivity contribution in [2.45, 2.75) is 32.1 Å². The molecule has 0 radical (unpaired) electrons. The number of furan rings is 1. The van der Waals surface area contributed by atoms with Gasteiger partial charge in [0, 0.05) is 36.1 Å². The van der Waals surface area contributed by atoms with Gasteiger partial charge in [0.05, 0.1) is 17.5 Å². The van der Waals surface area contributed by atoms with E-state index >= 15 is 0 Å². The zero-order chi connectivity index (χ0) is 23.9. The fraction of sp³-hybridized carbons (Fsp3) is 0.360. The molecule has 1 saturated heterocycles. The number of hydrogen-bond donors (Lipinski definition) is 1. The molecule has 2 amide bonds. The second-order valence-electron chi connectivity index (χ2n) is 8.14. The Balaban J connectivity index is 1.41. The molecule has 0 aromatic carbocycles. The number of nitrogens with one attached hydrogen (secondary N) is 1. The Morgan fingerprint density at radius 3 is 2.74 bits per heavy atom. The van der Waals surface area contributed by atoms with Crippen LogP contribution in [0.2, 0.25) is 0 Å². The van der Waals surface area contributed by atoms with E-state index in [0.29, 0.717) is 43.8 Å². The minimum absolute atomic E-state index is 0.0911. The highest BCUT2D eigenvalue weighted by atomic mass is 32.1. The van der Waals surface area contributed by atoms with Crippen LogP contribution in [0, 0.1) is 6.92 Å². The number of aromatic nitrogens is 1. The molecule has 1 fully saturated rings. The second-order valence-corrected chi connectivity index (χ2v) is 9.17. The minimum Gasteiger partial charge on any atom is -0.462 e. The van der Waals surface area contributed by atoms with Gasteiger partial charge in [-0.2, -0.15) is 0 Å². The standard InChI is InChI=1S/C25H28N4O4S/c1-17-7-8-20(24(30)26-12-9-19-5-4-16-34-19)22(27-17)18-10-13-29(14-11-18)25(31)23(28-32-2)21-6-3-15-33-21/h3-8,15-16,18H,9-14H2,1-2H3,(H,26,30)/b28-23+. The van der Waals surface area contributed by atoms with Crippen molar-refractivity contribution in [1.82, 2.24) is 15.2 Å². The van der Waals surface area contributed by atoms with Crippen LogP contribution in [0.5, 0.6) is 0 Å². The number of carbonyl (C=O) groups excluding carboxylic acids is 2. The first-order chi connectivity index (χ1) is 16.6. The van der Waals surface area contributed by atoms with E-state index in [4.69, 9.17) is 14.2 Å². The topological polar surface area (TPSA) is 97.0 Å². The molecule has 4 rings (SSSR count). The summed E-state index contributed by atoms with van der Waals surface area (Å²) in [5.74, 6) is 0.119. The molecule has 3 aromatic rings. The average Bonchev–Trinajstić information content (AvgIpc) is 3.57. The molecule has 8 nitrogen and oxygen atoms in total. The predicted octanol–water partition coefficient (Wildman–Crippen LogP) is 3.77. The van der Waals surface area contributed by atoms with Gasteiger partial charge in [-0.05, 0) is 61.9 Å². The van der Waals surface area contributed by atoms with Crippen molar-refractivity contribution in [3.8, 4) is 0 Å². The zero-order valence-electron chi connectivity index (χ0n) is 19.3. The Bertz CT molecular complexity index is 1130. The molecular formula is C25H28N4O4S. The van der Waals surface area contributed by atoms with Crippen molar-refractivity contribution in [3.63, 3.8) is 0 Å². The molecule has 0 aliphatic carbocycles. The molecular weight excluding hydrogens is 452 g/mol. The summed E-state index contributed by atoms with van der Waals surface area (Å²) in [5, 5.41) is 8.95. The Kier molecular flexibility index (Phi) is 7.74. The number of piperidine rings is 1. The summed E-state index contributed by atoms with van der Waals surface area (Å²) in [4.78, 5) is 38.6. The number of amides is 2. The van der Waals surface area contributed by atoms with Gasteiger partial charge >= 0.3 is 0 Å². The van der Waals surface area contributed by atoms with Gasteiger partial charge in [-0.3, -0.25) is 14.6 Å². The summed E-state index contributed by atoms with van der Waals surface area (Å²) in [7, 11) is 1.40. The summed E-state index contributed by atoms with van der Waals surface area (Å²) in [6, 6.07) is 11.2. The van der Waals surface area contributed by atoms with Crippen LogP contribution >= 0.6 is 11.3 Å². The van der Waals surface area contributed by atoms with E-state index in [0.717, 1.165) is 17.8 Å². The fourth-order valence-corrected chi connectivity index (χ4v) is 4.84. The number of nitrogens with zero attached hydrogens (tertiary/aromatic N) is 3. The number of pyridine rings is 1. The van der Waals surface area contributed by atoms with E-state index in [1.807, 2.05) is 30.5 Å². The smallest absolute Gasteiger partial charge is 0.279 e. The van der Waals surface area contributed by atoms with Crippen LogP contribution in [-0.2, 0) is 16.1 Å². The number of oxime groups is 1. The molecule has 0 unspecified atom stereocenters. The summed E-state index contributed by atoms with van der Waals surface area (Å²) in [6.07, 6.45) is 3.71. The highest BCUT2D eigenvalue weighted by Gasteiger charge is 2.31. The van der Waals surface area contributed by atoms with Gasteiger partial charge in [-0.15, -0.1) is 11.3 Å². The maximum atomic E-state index is 13.1. The number of aryl methyl sites for hydroxylation is 1. The van der Waals surface area contributed by atoms with Crippen molar-refractivity contribution < 1.29 is 18.8 Å². The van der Waals surface area contributed by atoms with Crippen LogP contribution in [-0.4, -0.2) is 54.2 Å². The monoisotopic (exact) mass is 480 g/mol. The Morgan fingerprint density at radius 1 is 1.24 bits per heavy atom. The fourth-order valence-electron chi connectivity index (χ4n) is 4.13. The molecule has 0 saturated carbocycles. The first-order valence-corrected chi connectivity index (χ1v) is 12.2. The lowest BCUT2D eigenvalue weighted by atomic mass is 9.89. The highest BCUT2D eigenvalue weighted by molar-refractivity contribution is 7.09. The molecule has 4 heterocycles. The lowest BCUT2D eigenvalue weighted by Gasteiger charge is -2.32. The first-order valence-electron chi connectivity index (χ1n) is 11.3. The van der Waals surface area contributed by atoms with Crippen LogP contribution < -0.4 is 5.32 Å². The number of thiophene rings is 1. The molecule has 1 aliphatic rings. The molecule has 0 bridgehead atoms. The normalized spacial score (nSPS) is 14.8. The highest BCUT2D eigenvalue weighted by Crippen LogP contribution is 2.30. The summed E-state index contributed by atoms with van der Waals surface area (Å²) in [6.45, 7) is 3.56. The van der Waals surface area contributed by atoms with E-state index in [9.17, 15) is 9.59 Å². The molecule has 34 heavy (non-hydrogen) atoms. The van der Waals surface area contributed by atoms with E-state index < -0.39 is 0 Å². The van der Waals surface area contributed by atoms with Crippen LogP contribution in [0.15, 0.2) is 57.6 Å². The molecule has 3 aromatic heterocycles. The predicted molar refractivity (Wildman–Crippen MR) is 130 cm³/mol. The molecule has 1 N–H and O–H groups in total. The van der Waals surface area contributed by atoms with Crippen LogP contribution in [0.25, 0.3) is 0 Å². The maximum Gasteiger partial charge on any atom is 0.279 e. The Hall–Kier alpha value is -3.46. The third-order valence-corrected chi connectivity index (χ3v) is 6.79. The van der Waals surface area contributed by atoms with Crippen molar-refractivity contribution in [2.24, 2.45) is 5.16 Å². The molecule has 1 aliphatic heterocycles. The SMILES string of the molecule is CO/N=C(/C(=O)N1CCC(c2nc(C)ccc2C(=O)NCCc2cccs2)CC1)c1ccco1. The van der Waals surface area contributed by atoms with E-state index in [1.54, 1.807) is 28.4 Å². The van der Waals surface area contributed by atoms with E-state index in [1.165, 1.54) is 18.3 Å².